The lowest BCUT2D eigenvalue weighted by molar-refractivity contribution is -0.0538. The zero-order chi connectivity index (χ0) is 37.0. The number of benzene rings is 3. The van der Waals surface area contributed by atoms with Crippen molar-refractivity contribution in [1.82, 2.24) is 29.5 Å². The van der Waals surface area contributed by atoms with E-state index in [4.69, 9.17) is 20.9 Å². The predicted octanol–water partition coefficient (Wildman–Crippen LogP) is 5.57. The highest BCUT2D eigenvalue weighted by Crippen LogP contribution is 2.60. The van der Waals surface area contributed by atoms with E-state index in [9.17, 15) is 13.9 Å². The van der Waals surface area contributed by atoms with E-state index in [1.165, 1.54) is 24.3 Å². The third-order valence-corrected chi connectivity index (χ3v) is 11.5. The molecular weight excluding hydrogens is 690 g/mol. The molecule has 2 bridgehead atoms. The summed E-state index contributed by atoms with van der Waals surface area (Å²) in [6.45, 7) is 3.43. The molecule has 14 heteroatoms. The summed E-state index contributed by atoms with van der Waals surface area (Å²) in [4.78, 5) is 15.8. The number of halogens is 4. The largest absolute Gasteiger partial charge is 0.508 e. The van der Waals surface area contributed by atoms with Gasteiger partial charge in [-0.25, -0.2) is 17.6 Å². The van der Waals surface area contributed by atoms with Crippen molar-refractivity contribution in [3.63, 3.8) is 0 Å². The Hall–Kier alpha value is -4.71. The van der Waals surface area contributed by atoms with E-state index in [1.54, 1.807) is 36.9 Å². The second kappa shape index (κ2) is 12.2. The number of phenols is 1. The lowest BCUT2D eigenvalue weighted by atomic mass is 9.91. The summed E-state index contributed by atoms with van der Waals surface area (Å²) in [6, 6.07) is 5.70. The van der Waals surface area contributed by atoms with E-state index in [-0.39, 0.29) is 76.5 Å². The first-order valence-corrected chi connectivity index (χ1v) is 17.9. The van der Waals surface area contributed by atoms with E-state index in [2.05, 4.69) is 25.8 Å². The van der Waals surface area contributed by atoms with Gasteiger partial charge in [-0.05, 0) is 56.1 Å². The fraction of sp³-hybridized carbons (Fsp3) is 0.462. The monoisotopic (exact) mass is 729 g/mol. The van der Waals surface area contributed by atoms with Crippen LogP contribution in [0.15, 0.2) is 30.5 Å². The van der Waals surface area contributed by atoms with Crippen LogP contribution in [-0.2, 0) is 11.8 Å². The summed E-state index contributed by atoms with van der Waals surface area (Å²) in [7, 11) is 5.17. The summed E-state index contributed by atoms with van der Waals surface area (Å²) in [5, 5.41) is 17.1. The number of anilines is 1. The van der Waals surface area contributed by atoms with Gasteiger partial charge < -0.3 is 24.4 Å². The van der Waals surface area contributed by atoms with Crippen LogP contribution in [-0.4, -0.2) is 113 Å². The fourth-order valence-electron chi connectivity index (χ4n) is 8.93. The second-order valence-electron chi connectivity index (χ2n) is 15.5. The molecule has 2 aromatic heterocycles. The smallest absolute Gasteiger partial charge is 0.319 e. The molecule has 0 spiro atoms. The molecule has 1 aliphatic carbocycles. The maximum atomic E-state index is 17.6. The third-order valence-electron chi connectivity index (χ3n) is 11.5. The van der Waals surface area contributed by atoms with Gasteiger partial charge in [0.1, 0.15) is 35.0 Å². The van der Waals surface area contributed by atoms with Crippen LogP contribution in [0.5, 0.6) is 11.8 Å². The number of piperazine rings is 1. The Balaban J connectivity index is 1.25. The van der Waals surface area contributed by atoms with Gasteiger partial charge in [0.15, 0.2) is 5.82 Å². The van der Waals surface area contributed by atoms with E-state index in [0.717, 1.165) is 32.6 Å². The summed E-state index contributed by atoms with van der Waals surface area (Å²) >= 11 is 0. The molecule has 4 fully saturated rings. The van der Waals surface area contributed by atoms with E-state index in [1.807, 2.05) is 0 Å². The quantitative estimate of drug-likeness (QED) is 0.155. The van der Waals surface area contributed by atoms with Gasteiger partial charge in [0.2, 0.25) is 0 Å². The van der Waals surface area contributed by atoms with Crippen molar-refractivity contribution < 1.29 is 32.1 Å². The number of fused-ring (bicyclic) bond motifs is 6. The Kier molecular flexibility index (Phi) is 7.82. The molecule has 3 saturated heterocycles. The van der Waals surface area contributed by atoms with Crippen LogP contribution in [0.3, 0.4) is 0 Å². The Morgan fingerprint density at radius 3 is 2.45 bits per heavy atom. The van der Waals surface area contributed by atoms with Crippen LogP contribution >= 0.6 is 0 Å². The summed E-state index contributed by atoms with van der Waals surface area (Å²) < 4.78 is 75.5. The minimum atomic E-state index is -2.93. The van der Waals surface area contributed by atoms with E-state index < -0.39 is 23.0 Å². The molecule has 5 aromatic rings. The van der Waals surface area contributed by atoms with Gasteiger partial charge in [-0.3, -0.25) is 9.58 Å². The Bertz CT molecular complexity index is 2340. The maximum absolute atomic E-state index is 17.6. The number of nitrogens with zero attached hydrogens (tertiary/aromatic N) is 7. The molecule has 10 nitrogen and oxygen atoms in total. The highest BCUT2D eigenvalue weighted by Gasteiger charge is 2.71. The van der Waals surface area contributed by atoms with Gasteiger partial charge in [-0.15, -0.1) is 6.42 Å². The lowest BCUT2D eigenvalue weighted by Gasteiger charge is -2.44. The van der Waals surface area contributed by atoms with Crippen LogP contribution in [0, 0.1) is 35.3 Å². The summed E-state index contributed by atoms with van der Waals surface area (Å²) in [6.07, 6.45) is 9.20. The average molecular weight is 730 g/mol. The first-order valence-electron chi connectivity index (χ1n) is 17.9. The number of terminal acetylenes is 1. The molecule has 53 heavy (non-hydrogen) atoms. The van der Waals surface area contributed by atoms with E-state index >= 15 is 8.78 Å². The van der Waals surface area contributed by atoms with Crippen LogP contribution in [0.25, 0.3) is 43.7 Å². The Morgan fingerprint density at radius 1 is 1.08 bits per heavy atom. The van der Waals surface area contributed by atoms with Gasteiger partial charge in [0, 0.05) is 80.2 Å². The normalized spacial score (nSPS) is 24.0. The number of ether oxygens (including phenoxy) is 2. The predicted molar refractivity (Wildman–Crippen MR) is 192 cm³/mol. The topological polar surface area (TPSA) is 92.0 Å². The molecule has 0 radical (unpaired) electrons. The minimum Gasteiger partial charge on any atom is -0.508 e. The lowest BCUT2D eigenvalue weighted by Crippen LogP contribution is -2.56. The van der Waals surface area contributed by atoms with Gasteiger partial charge >= 0.3 is 6.01 Å². The third kappa shape index (κ3) is 5.46. The SMILES string of the molecule is C#Cc1c(F)ccc2cc(O)cc(-c3c(F)c4nc(OC[C@]5(CN(C)C)CC5(F)F)nc(N5CC6CCC(C5)N6CC5COC5)c4c4cn(C)nc34)c12. The maximum Gasteiger partial charge on any atom is 0.319 e. The zero-order valence-electron chi connectivity index (χ0n) is 29.7. The van der Waals surface area contributed by atoms with Crippen molar-refractivity contribution in [1.29, 1.82) is 0 Å². The van der Waals surface area contributed by atoms with Crippen LogP contribution in [0.4, 0.5) is 23.4 Å². The molecule has 2 unspecified atom stereocenters. The second-order valence-corrected chi connectivity index (χ2v) is 15.5. The molecule has 5 heterocycles. The van der Waals surface area contributed by atoms with Crippen LogP contribution in [0.1, 0.15) is 24.8 Å². The number of phenolic OH excluding ortho intramolecular Hbond substituents is 1. The molecule has 9 rings (SSSR count). The van der Waals surface area contributed by atoms with Crippen molar-refractivity contribution in [2.45, 2.75) is 37.3 Å². The number of aryl methyl sites for hydroxylation is 1. The molecule has 276 valence electrons. The standard InChI is InChI=1S/C39H39F4N7O3/c1-5-26-29(40)9-6-22-10-25(51)11-27(30(22)26)31-33(41)35-32(28-15-48(4)46-34(28)31)36(45-37(44-35)53-20-38(19-47(2)3)18-39(38,42)43)49-13-23-7-8-24(14-49)50(23)12-21-16-52-17-21/h1,6,9-11,15,21,23-24,51H,7-8,12-14,16-20H2,2-4H3/t23?,24?,38-/m1/s1. The molecule has 4 aliphatic rings. The number of rotatable bonds is 9. The van der Waals surface area contributed by atoms with Gasteiger partial charge in [0.05, 0.1) is 29.6 Å². The first kappa shape index (κ1) is 34.1. The average Bonchev–Trinajstić information content (AvgIpc) is 3.27. The molecule has 1 N–H and O–H groups in total. The minimum absolute atomic E-state index is 0.0443. The van der Waals surface area contributed by atoms with Crippen molar-refractivity contribution in [2.24, 2.45) is 18.4 Å². The summed E-state index contributed by atoms with van der Waals surface area (Å²) in [5.41, 5.74) is -1.31. The van der Waals surface area contributed by atoms with E-state index in [0.29, 0.717) is 41.0 Å². The van der Waals surface area contributed by atoms with Crippen LogP contribution < -0.4 is 9.64 Å². The molecule has 3 aromatic carbocycles. The molecule has 3 atom stereocenters. The van der Waals surface area contributed by atoms with Crippen LogP contribution in [0.2, 0.25) is 0 Å². The van der Waals surface area contributed by atoms with Crippen molar-refractivity contribution in [3.05, 3.63) is 47.7 Å². The molecular formula is C39H39F4N7O3. The number of hydrogen-bond donors (Lipinski definition) is 1. The number of hydrogen-bond acceptors (Lipinski definition) is 9. The van der Waals surface area contributed by atoms with Crippen molar-refractivity contribution in [2.75, 3.05) is 65.0 Å². The number of aromatic hydroxyl groups is 1. The number of alkyl halides is 2. The molecule has 3 aliphatic heterocycles. The Labute approximate surface area is 303 Å². The highest BCUT2D eigenvalue weighted by atomic mass is 19.3. The van der Waals surface area contributed by atoms with Gasteiger partial charge in [-0.2, -0.15) is 15.1 Å². The van der Waals surface area contributed by atoms with Gasteiger partial charge in [-0.1, -0.05) is 12.0 Å². The van der Waals surface area contributed by atoms with Crippen molar-refractivity contribution >= 4 is 38.4 Å². The fourth-order valence-corrected chi connectivity index (χ4v) is 8.93. The summed E-state index contributed by atoms with van der Waals surface area (Å²) in [5.74, 6) is -1.28. The Morgan fingerprint density at radius 2 is 1.81 bits per heavy atom. The number of aromatic nitrogens is 4. The molecule has 0 amide bonds. The first-order chi connectivity index (χ1) is 25.4. The van der Waals surface area contributed by atoms with Gasteiger partial charge in [0.25, 0.3) is 5.92 Å². The van der Waals surface area contributed by atoms with Crippen molar-refractivity contribution in [3.8, 4) is 35.2 Å². The highest BCUT2D eigenvalue weighted by molar-refractivity contribution is 6.18. The zero-order valence-corrected chi connectivity index (χ0v) is 29.7. The molecule has 1 saturated carbocycles.